The Balaban J connectivity index is 2.27. The number of methoxy groups -OCH3 is 1. The molecule has 8 nitrogen and oxygen atoms in total. The number of nitrogens with zero attached hydrogens (tertiary/aromatic N) is 2. The van der Waals surface area contributed by atoms with Crippen LogP contribution in [0, 0.1) is 10.1 Å². The molecule has 2 aromatic rings. The molecule has 0 fully saturated rings. The Morgan fingerprint density at radius 1 is 1.36 bits per heavy atom. The summed E-state index contributed by atoms with van der Waals surface area (Å²) < 4.78 is 10.4. The highest BCUT2D eigenvalue weighted by molar-refractivity contribution is 5.78. The van der Waals surface area contributed by atoms with E-state index in [-0.39, 0.29) is 11.4 Å². The minimum atomic E-state index is -0.547. The number of hydrogen-bond acceptors (Lipinski definition) is 7. The van der Waals surface area contributed by atoms with E-state index in [4.69, 9.17) is 9.15 Å². The average molecular weight is 304 g/mol. The number of benzene rings is 1. The fourth-order valence-electron chi connectivity index (χ4n) is 1.72. The van der Waals surface area contributed by atoms with Crippen LogP contribution in [0.1, 0.15) is 12.7 Å². The SMILES string of the molecule is COc1ccc(-c2ccc(/C=N/OC(C)=O)o2)cc1[N+](=O)[O-]. The van der Waals surface area contributed by atoms with E-state index in [1.165, 1.54) is 32.4 Å². The highest BCUT2D eigenvalue weighted by Gasteiger charge is 2.17. The highest BCUT2D eigenvalue weighted by atomic mass is 16.7. The van der Waals surface area contributed by atoms with Crippen LogP contribution < -0.4 is 4.74 Å². The van der Waals surface area contributed by atoms with Crippen molar-refractivity contribution in [2.75, 3.05) is 7.11 Å². The van der Waals surface area contributed by atoms with Crippen molar-refractivity contribution in [1.29, 1.82) is 0 Å². The lowest BCUT2D eigenvalue weighted by Crippen LogP contribution is -1.93. The molecule has 0 spiro atoms. The van der Waals surface area contributed by atoms with Crippen molar-refractivity contribution in [3.63, 3.8) is 0 Å². The predicted molar refractivity (Wildman–Crippen MR) is 76.7 cm³/mol. The van der Waals surface area contributed by atoms with Gasteiger partial charge < -0.3 is 14.0 Å². The Hall–Kier alpha value is -3.16. The minimum absolute atomic E-state index is 0.161. The third kappa shape index (κ3) is 3.48. The summed E-state index contributed by atoms with van der Waals surface area (Å²) in [7, 11) is 1.36. The van der Waals surface area contributed by atoms with Gasteiger partial charge in [0.05, 0.1) is 12.0 Å². The molecule has 2 rings (SSSR count). The number of ether oxygens (including phenoxy) is 1. The lowest BCUT2D eigenvalue weighted by molar-refractivity contribution is -0.385. The number of oxime groups is 1. The third-order valence-electron chi connectivity index (χ3n) is 2.65. The van der Waals surface area contributed by atoms with E-state index in [1.807, 2.05) is 0 Å². The molecular formula is C14H12N2O6. The van der Waals surface area contributed by atoms with Crippen molar-refractivity contribution in [3.05, 3.63) is 46.2 Å². The second-order valence-electron chi connectivity index (χ2n) is 4.16. The van der Waals surface area contributed by atoms with Crippen LogP contribution >= 0.6 is 0 Å². The molecule has 0 aliphatic carbocycles. The molecule has 0 aliphatic rings. The first-order valence-corrected chi connectivity index (χ1v) is 6.15. The van der Waals surface area contributed by atoms with Gasteiger partial charge in [-0.3, -0.25) is 10.1 Å². The first-order chi connectivity index (χ1) is 10.5. The molecule has 0 unspecified atom stereocenters. The van der Waals surface area contributed by atoms with Gasteiger partial charge in [0, 0.05) is 18.6 Å². The fraction of sp³-hybridized carbons (Fsp3) is 0.143. The van der Waals surface area contributed by atoms with Crippen LogP contribution in [-0.2, 0) is 9.63 Å². The van der Waals surface area contributed by atoms with Crippen LogP contribution in [0.5, 0.6) is 5.75 Å². The summed E-state index contributed by atoms with van der Waals surface area (Å²) in [6, 6.07) is 7.70. The molecule has 114 valence electrons. The number of carbonyl (C=O) groups excluding carboxylic acids is 1. The molecule has 22 heavy (non-hydrogen) atoms. The van der Waals surface area contributed by atoms with E-state index in [1.54, 1.807) is 18.2 Å². The summed E-state index contributed by atoms with van der Waals surface area (Å²) in [6.45, 7) is 1.22. The van der Waals surface area contributed by atoms with Gasteiger partial charge in [0.2, 0.25) is 0 Å². The van der Waals surface area contributed by atoms with Crippen molar-refractivity contribution in [3.8, 4) is 17.1 Å². The highest BCUT2D eigenvalue weighted by Crippen LogP contribution is 2.32. The summed E-state index contributed by atoms with van der Waals surface area (Å²) in [5.74, 6) is 0.371. The van der Waals surface area contributed by atoms with Crippen LogP contribution in [0.25, 0.3) is 11.3 Å². The number of nitro groups is 1. The molecule has 0 bridgehead atoms. The lowest BCUT2D eigenvalue weighted by atomic mass is 10.1. The van der Waals surface area contributed by atoms with Gasteiger partial charge in [-0.05, 0) is 24.3 Å². The molecule has 8 heteroatoms. The lowest BCUT2D eigenvalue weighted by Gasteiger charge is -2.03. The van der Waals surface area contributed by atoms with Gasteiger partial charge in [0.1, 0.15) is 17.7 Å². The molecular weight excluding hydrogens is 292 g/mol. The molecule has 0 N–H and O–H groups in total. The number of furan rings is 1. The first kappa shape index (κ1) is 15.2. The average Bonchev–Trinajstić information content (AvgIpc) is 2.95. The first-order valence-electron chi connectivity index (χ1n) is 6.15. The Morgan fingerprint density at radius 2 is 2.14 bits per heavy atom. The summed E-state index contributed by atoms with van der Waals surface area (Å²) in [5.41, 5.74) is 0.353. The van der Waals surface area contributed by atoms with Crippen molar-refractivity contribution in [2.45, 2.75) is 6.92 Å². The van der Waals surface area contributed by atoms with Gasteiger partial charge >= 0.3 is 11.7 Å². The zero-order valence-corrected chi connectivity index (χ0v) is 11.8. The Kier molecular flexibility index (Phi) is 4.52. The van der Waals surface area contributed by atoms with E-state index in [2.05, 4.69) is 9.99 Å². The zero-order valence-electron chi connectivity index (χ0n) is 11.8. The smallest absolute Gasteiger partial charge is 0.331 e. The number of rotatable bonds is 5. The van der Waals surface area contributed by atoms with Gasteiger partial charge in [-0.1, -0.05) is 5.16 Å². The van der Waals surface area contributed by atoms with Gasteiger partial charge in [0.25, 0.3) is 0 Å². The standard InChI is InChI=1S/C14H12N2O6/c1-9(17)22-15-8-11-4-6-13(21-11)10-3-5-14(20-2)12(7-10)16(18)19/h3-8H,1-2H3/b15-8+. The predicted octanol–water partition coefficient (Wildman–Crippen LogP) is 2.76. The number of nitro benzene ring substituents is 1. The van der Waals surface area contributed by atoms with Crippen molar-refractivity contribution in [2.24, 2.45) is 5.16 Å². The van der Waals surface area contributed by atoms with Gasteiger partial charge in [-0.2, -0.15) is 0 Å². The summed E-state index contributed by atoms with van der Waals surface area (Å²) in [6.07, 6.45) is 1.23. The molecule has 0 atom stereocenters. The normalized spacial score (nSPS) is 10.6. The topological polar surface area (TPSA) is 104 Å². The quantitative estimate of drug-likeness (QED) is 0.364. The van der Waals surface area contributed by atoms with Crippen LogP contribution in [0.3, 0.4) is 0 Å². The van der Waals surface area contributed by atoms with Crippen LogP contribution in [-0.4, -0.2) is 24.2 Å². The molecule has 0 aliphatic heterocycles. The molecule has 0 radical (unpaired) electrons. The fourth-order valence-corrected chi connectivity index (χ4v) is 1.72. The number of carbonyl (C=O) groups is 1. The van der Waals surface area contributed by atoms with Crippen molar-refractivity contribution >= 4 is 17.9 Å². The van der Waals surface area contributed by atoms with Gasteiger partial charge in [-0.15, -0.1) is 0 Å². The molecule has 1 heterocycles. The second kappa shape index (κ2) is 6.53. The van der Waals surface area contributed by atoms with E-state index < -0.39 is 10.9 Å². The Morgan fingerprint density at radius 3 is 2.77 bits per heavy atom. The van der Waals surface area contributed by atoms with Gasteiger partial charge in [-0.25, -0.2) is 4.79 Å². The maximum Gasteiger partial charge on any atom is 0.331 e. The van der Waals surface area contributed by atoms with E-state index >= 15 is 0 Å². The molecule has 0 saturated carbocycles. The zero-order chi connectivity index (χ0) is 16.1. The summed E-state index contributed by atoms with van der Waals surface area (Å²) in [4.78, 5) is 25.5. The molecule has 1 aromatic carbocycles. The van der Waals surface area contributed by atoms with Crippen molar-refractivity contribution in [1.82, 2.24) is 0 Å². The largest absolute Gasteiger partial charge is 0.490 e. The van der Waals surface area contributed by atoms with Crippen LogP contribution in [0.2, 0.25) is 0 Å². The summed E-state index contributed by atoms with van der Waals surface area (Å²) >= 11 is 0. The van der Waals surface area contributed by atoms with E-state index in [0.29, 0.717) is 17.1 Å². The maximum absolute atomic E-state index is 11.0. The second-order valence-corrected chi connectivity index (χ2v) is 4.16. The van der Waals surface area contributed by atoms with Gasteiger partial charge in [0.15, 0.2) is 5.75 Å². The Bertz CT molecular complexity index is 735. The third-order valence-corrected chi connectivity index (χ3v) is 2.65. The monoisotopic (exact) mass is 304 g/mol. The number of hydrogen-bond donors (Lipinski definition) is 0. The molecule has 1 aromatic heterocycles. The molecule has 0 amide bonds. The van der Waals surface area contributed by atoms with Crippen LogP contribution in [0.4, 0.5) is 5.69 Å². The van der Waals surface area contributed by atoms with Crippen LogP contribution in [0.15, 0.2) is 39.9 Å². The van der Waals surface area contributed by atoms with Crippen molar-refractivity contribution < 1.29 is 23.7 Å². The maximum atomic E-state index is 11.0. The summed E-state index contributed by atoms with van der Waals surface area (Å²) in [5, 5.41) is 14.4. The minimum Gasteiger partial charge on any atom is -0.490 e. The van der Waals surface area contributed by atoms with E-state index in [0.717, 1.165) is 0 Å². The van der Waals surface area contributed by atoms with E-state index in [9.17, 15) is 14.9 Å². The Labute approximate surface area is 125 Å². The molecule has 0 saturated heterocycles.